The zero-order chi connectivity index (χ0) is 18.9. The van der Waals surface area contributed by atoms with Crippen molar-refractivity contribution in [3.05, 3.63) is 59.7 Å². The van der Waals surface area contributed by atoms with Gasteiger partial charge in [0.2, 0.25) is 5.91 Å². The number of hydrogen-bond donors (Lipinski definition) is 2. The molecule has 0 heterocycles. The Hall–Kier alpha value is -2.53. The van der Waals surface area contributed by atoms with E-state index in [0.717, 1.165) is 23.3 Å². The van der Waals surface area contributed by atoms with Crippen molar-refractivity contribution in [3.8, 4) is 11.5 Å². The normalized spacial score (nSPS) is 12.0. The minimum atomic E-state index is -0.0422. The van der Waals surface area contributed by atoms with Crippen molar-refractivity contribution in [3.63, 3.8) is 0 Å². The van der Waals surface area contributed by atoms with Gasteiger partial charge in [0.25, 0.3) is 0 Å². The Morgan fingerprint density at radius 2 is 2.00 bits per heavy atom. The van der Waals surface area contributed by atoms with Crippen LogP contribution in [0, 0.1) is 0 Å². The van der Waals surface area contributed by atoms with E-state index < -0.39 is 0 Å². The molecular weight excluding hydrogens is 328 g/mol. The van der Waals surface area contributed by atoms with Gasteiger partial charge in [0.05, 0.1) is 13.2 Å². The molecule has 2 aromatic rings. The van der Waals surface area contributed by atoms with Crippen LogP contribution >= 0.6 is 0 Å². The van der Waals surface area contributed by atoms with E-state index in [2.05, 4.69) is 12.2 Å². The third-order valence-electron chi connectivity index (χ3n) is 4.27. The molecule has 5 nitrogen and oxygen atoms in total. The van der Waals surface area contributed by atoms with Crippen molar-refractivity contribution < 1.29 is 14.6 Å². The number of nitrogens with zero attached hydrogens (tertiary/aromatic N) is 1. The second kappa shape index (κ2) is 9.82. The SMILES string of the molecule is CCCOc1cccc(CNC(=O)CN(C)C(C)c2cccc(O)c2)c1. The molecule has 0 spiro atoms. The summed E-state index contributed by atoms with van der Waals surface area (Å²) in [5.41, 5.74) is 1.98. The Balaban J connectivity index is 1.84. The van der Waals surface area contributed by atoms with Gasteiger partial charge in [-0.05, 0) is 55.8 Å². The van der Waals surface area contributed by atoms with Gasteiger partial charge in [-0.1, -0.05) is 31.2 Å². The molecule has 0 saturated heterocycles. The number of hydrogen-bond acceptors (Lipinski definition) is 4. The number of nitrogens with one attached hydrogen (secondary N) is 1. The Bertz CT molecular complexity index is 718. The second-order valence-corrected chi connectivity index (χ2v) is 6.46. The van der Waals surface area contributed by atoms with Crippen LogP contribution in [-0.2, 0) is 11.3 Å². The van der Waals surface area contributed by atoms with Crippen LogP contribution in [0.4, 0.5) is 0 Å². The van der Waals surface area contributed by atoms with Gasteiger partial charge >= 0.3 is 0 Å². The van der Waals surface area contributed by atoms with E-state index >= 15 is 0 Å². The summed E-state index contributed by atoms with van der Waals surface area (Å²) in [6.45, 7) is 5.52. The fraction of sp³-hybridized carbons (Fsp3) is 0.381. The molecule has 1 atom stereocenters. The molecular formula is C21H28N2O3. The number of amides is 1. The van der Waals surface area contributed by atoms with Crippen LogP contribution in [0.15, 0.2) is 48.5 Å². The van der Waals surface area contributed by atoms with Crippen molar-refractivity contribution in [1.29, 1.82) is 0 Å². The van der Waals surface area contributed by atoms with Crippen LogP contribution in [-0.4, -0.2) is 36.1 Å². The molecule has 2 N–H and O–H groups in total. The monoisotopic (exact) mass is 356 g/mol. The number of phenols is 1. The summed E-state index contributed by atoms with van der Waals surface area (Å²) in [6, 6.07) is 14.9. The maximum absolute atomic E-state index is 12.3. The van der Waals surface area contributed by atoms with Crippen LogP contribution in [0.5, 0.6) is 11.5 Å². The molecule has 0 radical (unpaired) electrons. The van der Waals surface area contributed by atoms with Gasteiger partial charge in [-0.2, -0.15) is 0 Å². The minimum Gasteiger partial charge on any atom is -0.508 e. The van der Waals surface area contributed by atoms with Crippen molar-refractivity contribution in [2.24, 2.45) is 0 Å². The second-order valence-electron chi connectivity index (χ2n) is 6.46. The van der Waals surface area contributed by atoms with Crippen LogP contribution < -0.4 is 10.1 Å². The van der Waals surface area contributed by atoms with Crippen LogP contribution in [0.25, 0.3) is 0 Å². The minimum absolute atomic E-state index is 0.0265. The van der Waals surface area contributed by atoms with Gasteiger partial charge in [-0.3, -0.25) is 9.69 Å². The summed E-state index contributed by atoms with van der Waals surface area (Å²) in [4.78, 5) is 14.2. The van der Waals surface area contributed by atoms with Crippen molar-refractivity contribution in [2.45, 2.75) is 32.9 Å². The number of ether oxygens (including phenoxy) is 1. The molecule has 0 aromatic heterocycles. The highest BCUT2D eigenvalue weighted by atomic mass is 16.5. The van der Waals surface area contributed by atoms with E-state index in [-0.39, 0.29) is 24.2 Å². The zero-order valence-electron chi connectivity index (χ0n) is 15.7. The van der Waals surface area contributed by atoms with Gasteiger partial charge in [-0.15, -0.1) is 0 Å². The summed E-state index contributed by atoms with van der Waals surface area (Å²) in [5.74, 6) is 1.02. The molecule has 26 heavy (non-hydrogen) atoms. The molecule has 2 aromatic carbocycles. The highest BCUT2D eigenvalue weighted by Crippen LogP contribution is 2.22. The van der Waals surface area contributed by atoms with Gasteiger partial charge in [0, 0.05) is 12.6 Å². The highest BCUT2D eigenvalue weighted by molar-refractivity contribution is 5.78. The maximum atomic E-state index is 12.3. The quantitative estimate of drug-likeness (QED) is 0.722. The number of carbonyl (C=O) groups excluding carboxylic acids is 1. The molecule has 1 unspecified atom stereocenters. The fourth-order valence-corrected chi connectivity index (χ4v) is 2.62. The first-order chi connectivity index (χ1) is 12.5. The average Bonchev–Trinajstić information content (AvgIpc) is 2.64. The fourth-order valence-electron chi connectivity index (χ4n) is 2.62. The van der Waals surface area contributed by atoms with Gasteiger partial charge in [0.15, 0.2) is 0 Å². The lowest BCUT2D eigenvalue weighted by Crippen LogP contribution is -2.36. The lowest BCUT2D eigenvalue weighted by atomic mass is 10.1. The van der Waals surface area contributed by atoms with Gasteiger partial charge in [-0.25, -0.2) is 0 Å². The predicted molar refractivity (Wildman–Crippen MR) is 103 cm³/mol. The Kier molecular flexibility index (Phi) is 7.48. The van der Waals surface area contributed by atoms with Crippen molar-refractivity contribution >= 4 is 5.91 Å². The molecule has 1 amide bonds. The number of phenolic OH excluding ortho intramolecular Hbond substituents is 1. The number of aromatic hydroxyl groups is 1. The number of likely N-dealkylation sites (N-methyl/N-ethyl adjacent to an activating group) is 1. The third kappa shape index (κ3) is 6.08. The lowest BCUT2D eigenvalue weighted by molar-refractivity contribution is -0.122. The van der Waals surface area contributed by atoms with Crippen LogP contribution in [0.3, 0.4) is 0 Å². The molecule has 0 aliphatic rings. The first kappa shape index (κ1) is 19.8. The van der Waals surface area contributed by atoms with Gasteiger partial charge in [0.1, 0.15) is 11.5 Å². The third-order valence-corrected chi connectivity index (χ3v) is 4.27. The molecule has 140 valence electrons. The van der Waals surface area contributed by atoms with E-state index in [9.17, 15) is 9.90 Å². The molecule has 0 saturated carbocycles. The molecule has 2 rings (SSSR count). The van der Waals surface area contributed by atoms with Gasteiger partial charge < -0.3 is 15.2 Å². The first-order valence-corrected chi connectivity index (χ1v) is 8.97. The number of benzene rings is 2. The summed E-state index contributed by atoms with van der Waals surface area (Å²) >= 11 is 0. The van der Waals surface area contributed by atoms with E-state index in [1.807, 2.05) is 55.3 Å². The topological polar surface area (TPSA) is 61.8 Å². The maximum Gasteiger partial charge on any atom is 0.234 e. The first-order valence-electron chi connectivity index (χ1n) is 8.97. The zero-order valence-corrected chi connectivity index (χ0v) is 15.7. The van der Waals surface area contributed by atoms with Crippen molar-refractivity contribution in [2.75, 3.05) is 20.2 Å². The lowest BCUT2D eigenvalue weighted by Gasteiger charge is -2.24. The Labute approximate surface area is 155 Å². The highest BCUT2D eigenvalue weighted by Gasteiger charge is 2.15. The van der Waals surface area contributed by atoms with E-state index in [1.165, 1.54) is 0 Å². The smallest absolute Gasteiger partial charge is 0.234 e. The Morgan fingerprint density at radius 3 is 2.73 bits per heavy atom. The number of rotatable bonds is 9. The van der Waals surface area contributed by atoms with Crippen molar-refractivity contribution in [1.82, 2.24) is 10.2 Å². The summed E-state index contributed by atoms with van der Waals surface area (Å²) in [6.07, 6.45) is 0.963. The average molecular weight is 356 g/mol. The Morgan fingerprint density at radius 1 is 1.23 bits per heavy atom. The molecule has 5 heteroatoms. The summed E-state index contributed by atoms with van der Waals surface area (Å²) in [7, 11) is 1.90. The van der Waals surface area contributed by atoms with E-state index in [0.29, 0.717) is 13.2 Å². The molecule has 0 aliphatic carbocycles. The molecule has 0 bridgehead atoms. The van der Waals surface area contributed by atoms with Crippen LogP contribution in [0.2, 0.25) is 0 Å². The molecule has 0 fully saturated rings. The van der Waals surface area contributed by atoms with Crippen LogP contribution in [0.1, 0.15) is 37.4 Å². The number of carbonyl (C=O) groups is 1. The van der Waals surface area contributed by atoms with E-state index in [4.69, 9.17) is 4.74 Å². The summed E-state index contributed by atoms with van der Waals surface area (Å²) in [5, 5.41) is 12.5. The summed E-state index contributed by atoms with van der Waals surface area (Å²) < 4.78 is 5.62. The predicted octanol–water partition coefficient (Wildman–Crippen LogP) is 3.49. The largest absolute Gasteiger partial charge is 0.508 e. The van der Waals surface area contributed by atoms with E-state index in [1.54, 1.807) is 12.1 Å². The molecule has 0 aliphatic heterocycles. The standard InChI is InChI=1S/C21H28N2O3/c1-4-11-26-20-10-5-7-17(12-20)14-22-21(25)15-23(3)16(2)18-8-6-9-19(24)13-18/h5-10,12-13,16,24H,4,11,14-15H2,1-3H3,(H,22,25).